The molecule has 1 aliphatic carbocycles. The van der Waals surface area contributed by atoms with Gasteiger partial charge in [0.1, 0.15) is 5.71 Å². The second-order valence-electron chi connectivity index (χ2n) is 8.39. The Bertz CT molecular complexity index is 1190. The number of carbonyl (C=O) groups excluding carboxylic acids is 1. The van der Waals surface area contributed by atoms with Crippen molar-refractivity contribution in [3.8, 4) is 0 Å². The van der Waals surface area contributed by atoms with E-state index in [0.29, 0.717) is 5.71 Å². The monoisotopic (exact) mass is 385 g/mol. The van der Waals surface area contributed by atoms with Gasteiger partial charge in [-0.15, -0.1) is 0 Å². The van der Waals surface area contributed by atoms with Crippen molar-refractivity contribution in [3.63, 3.8) is 0 Å². The molecule has 148 valence electrons. The van der Waals surface area contributed by atoms with Crippen LogP contribution in [0.4, 0.5) is 5.69 Å². The van der Waals surface area contributed by atoms with Crippen molar-refractivity contribution in [1.29, 1.82) is 0 Å². The topological polar surface area (TPSA) is 45.6 Å². The third kappa shape index (κ3) is 3.23. The predicted molar refractivity (Wildman–Crippen MR) is 120 cm³/mol. The average Bonchev–Trinajstić information content (AvgIpc) is 2.87. The van der Waals surface area contributed by atoms with E-state index in [4.69, 9.17) is 0 Å². The summed E-state index contributed by atoms with van der Waals surface area (Å²) in [5, 5.41) is 1.63. The van der Waals surface area contributed by atoms with Gasteiger partial charge in [-0.05, 0) is 61.2 Å². The van der Waals surface area contributed by atoms with Crippen LogP contribution in [0.15, 0.2) is 47.4 Å². The van der Waals surface area contributed by atoms with Crippen LogP contribution in [0.1, 0.15) is 43.9 Å². The highest BCUT2D eigenvalue weighted by Crippen LogP contribution is 2.48. The summed E-state index contributed by atoms with van der Waals surface area (Å²) in [4.78, 5) is 23.9. The highest BCUT2D eigenvalue weighted by atomic mass is 16.1. The van der Waals surface area contributed by atoms with Gasteiger partial charge in [0.15, 0.2) is 0 Å². The van der Waals surface area contributed by atoms with E-state index in [1.165, 1.54) is 22.4 Å². The first-order valence-corrected chi connectivity index (χ1v) is 10.2. The Kier molecular flexibility index (Phi) is 4.73. The molecule has 0 radical (unpaired) electrons. The van der Waals surface area contributed by atoms with E-state index in [-0.39, 0.29) is 11.2 Å². The van der Waals surface area contributed by atoms with Crippen molar-refractivity contribution < 1.29 is 4.79 Å². The lowest BCUT2D eigenvalue weighted by atomic mass is 9.83. The molecule has 1 aromatic heterocycles. The molecule has 4 nitrogen and oxygen atoms in total. The smallest absolute Gasteiger partial charge is 0.204 e. The third-order valence-corrected chi connectivity index (χ3v) is 5.96. The molecule has 2 aromatic rings. The molecule has 2 heterocycles. The minimum atomic E-state index is -0.176. The lowest BCUT2D eigenvalue weighted by Crippen LogP contribution is -2.35. The number of hydrogen-bond donors (Lipinski definition) is 0. The van der Waals surface area contributed by atoms with E-state index in [1.54, 1.807) is 18.3 Å². The molecule has 1 aromatic carbocycles. The Hall–Kier alpha value is -3.01. The average molecular weight is 386 g/mol. The molecule has 0 N–H and O–H groups in total. The molecule has 0 fully saturated rings. The quantitative estimate of drug-likeness (QED) is 0.814. The molecule has 0 unspecified atom stereocenters. The zero-order valence-electron chi connectivity index (χ0n) is 17.8. The van der Waals surface area contributed by atoms with E-state index >= 15 is 0 Å². The molecule has 0 atom stereocenters. The van der Waals surface area contributed by atoms with Crippen LogP contribution in [-0.2, 0) is 10.2 Å². The van der Waals surface area contributed by atoms with Gasteiger partial charge in [-0.2, -0.15) is 0 Å². The molecule has 0 amide bonds. The first-order chi connectivity index (χ1) is 13.8. The molecule has 0 bridgehead atoms. The Morgan fingerprint density at radius 2 is 1.93 bits per heavy atom. The summed E-state index contributed by atoms with van der Waals surface area (Å²) < 4.78 is 0. The molecule has 29 heavy (non-hydrogen) atoms. The van der Waals surface area contributed by atoms with Gasteiger partial charge >= 0.3 is 0 Å². The van der Waals surface area contributed by atoms with Crippen LogP contribution < -0.4 is 15.5 Å². The van der Waals surface area contributed by atoms with Gasteiger partial charge in [-0.3, -0.25) is 14.8 Å². The maximum atomic E-state index is 12.5. The SMILES string of the molecule is CCCN1/C(=C/N=C2C=c3ncccc3=CC2=O)C(C)(C)c2cc(C)c(C)cc21. The number of fused-ring (bicyclic) bond motifs is 2. The second kappa shape index (κ2) is 7.11. The van der Waals surface area contributed by atoms with Crippen LogP contribution in [0.25, 0.3) is 12.2 Å². The van der Waals surface area contributed by atoms with E-state index in [0.717, 1.165) is 29.2 Å². The number of anilines is 1. The van der Waals surface area contributed by atoms with Gasteiger partial charge in [-0.1, -0.05) is 32.9 Å². The maximum Gasteiger partial charge on any atom is 0.204 e. The summed E-state index contributed by atoms with van der Waals surface area (Å²) in [5.41, 5.74) is 6.54. The number of hydrogen-bond acceptors (Lipinski definition) is 4. The van der Waals surface area contributed by atoms with Crippen molar-refractivity contribution in [3.05, 3.63) is 69.6 Å². The summed E-state index contributed by atoms with van der Waals surface area (Å²) in [5.74, 6) is -0.0793. The molecule has 1 aliphatic heterocycles. The number of rotatable bonds is 3. The highest BCUT2D eigenvalue weighted by Gasteiger charge is 2.40. The summed E-state index contributed by atoms with van der Waals surface area (Å²) in [6.45, 7) is 11.9. The zero-order valence-corrected chi connectivity index (χ0v) is 17.8. The first kappa shape index (κ1) is 19.3. The standard InChI is InChI=1S/C25H27N3O/c1-6-10-28-22-12-17(3)16(2)11-19(22)25(4,5)24(28)15-27-21-14-20-18(13-23(21)29)8-7-9-26-20/h7-9,11-15H,6,10H2,1-5H3/b24-15+,27-21?. The van der Waals surface area contributed by atoms with E-state index in [9.17, 15) is 4.79 Å². The van der Waals surface area contributed by atoms with Crippen LogP contribution in [0.3, 0.4) is 0 Å². The first-order valence-electron chi connectivity index (χ1n) is 10.2. The number of Topliss-reactive ketones (excluding diaryl/α,β-unsaturated/α-hetero) is 1. The number of carbonyl (C=O) groups is 1. The highest BCUT2D eigenvalue weighted by molar-refractivity contribution is 6.59. The van der Waals surface area contributed by atoms with Gasteiger partial charge in [0.05, 0.1) is 5.35 Å². The molecule has 2 aliphatic rings. The molecule has 0 saturated heterocycles. The zero-order chi connectivity index (χ0) is 20.8. The fourth-order valence-corrected chi connectivity index (χ4v) is 4.15. The number of aromatic nitrogens is 1. The van der Waals surface area contributed by atoms with E-state index < -0.39 is 0 Å². The normalized spacial score (nSPS) is 19.8. The third-order valence-electron chi connectivity index (χ3n) is 5.96. The second-order valence-corrected chi connectivity index (χ2v) is 8.39. The minimum absolute atomic E-state index is 0.0793. The minimum Gasteiger partial charge on any atom is -0.343 e. The summed E-state index contributed by atoms with van der Waals surface area (Å²) in [7, 11) is 0. The Labute approximate surface area is 172 Å². The molecule has 4 rings (SSSR count). The Morgan fingerprint density at radius 1 is 1.17 bits per heavy atom. The molecular weight excluding hydrogens is 358 g/mol. The number of allylic oxidation sites excluding steroid dienone is 1. The van der Waals surface area contributed by atoms with Gasteiger partial charge in [0.2, 0.25) is 5.78 Å². The van der Waals surface area contributed by atoms with Crippen molar-refractivity contribution in [1.82, 2.24) is 4.98 Å². The Balaban J connectivity index is 1.83. The fraction of sp³-hybridized carbons (Fsp3) is 0.320. The van der Waals surface area contributed by atoms with Gasteiger partial charge in [-0.25, -0.2) is 0 Å². The molecular formula is C25H27N3O. The van der Waals surface area contributed by atoms with Crippen molar-refractivity contribution in [2.75, 3.05) is 11.4 Å². The summed E-state index contributed by atoms with van der Waals surface area (Å²) in [6, 6.07) is 8.32. The van der Waals surface area contributed by atoms with Gasteiger partial charge in [0.25, 0.3) is 0 Å². The van der Waals surface area contributed by atoms with Crippen LogP contribution in [0, 0.1) is 13.8 Å². The lowest BCUT2D eigenvalue weighted by molar-refractivity contribution is -0.107. The van der Waals surface area contributed by atoms with Crippen LogP contribution in [0.5, 0.6) is 0 Å². The number of pyridine rings is 1. The van der Waals surface area contributed by atoms with E-state index in [1.807, 2.05) is 18.3 Å². The number of nitrogens with zero attached hydrogens (tertiary/aromatic N) is 3. The largest absolute Gasteiger partial charge is 0.343 e. The number of aryl methyl sites for hydroxylation is 2. The number of aliphatic imine (C=N–C) groups is 1. The molecule has 4 heteroatoms. The molecule has 0 saturated carbocycles. The van der Waals surface area contributed by atoms with Crippen molar-refractivity contribution in [2.45, 2.75) is 46.5 Å². The maximum absolute atomic E-state index is 12.5. The summed E-state index contributed by atoms with van der Waals surface area (Å²) in [6.07, 6.45) is 8.05. The van der Waals surface area contributed by atoms with Crippen molar-refractivity contribution in [2.24, 2.45) is 4.99 Å². The van der Waals surface area contributed by atoms with Crippen LogP contribution >= 0.6 is 0 Å². The number of ketones is 1. The van der Waals surface area contributed by atoms with E-state index in [2.05, 4.69) is 61.6 Å². The summed E-state index contributed by atoms with van der Waals surface area (Å²) >= 11 is 0. The molecule has 0 spiro atoms. The predicted octanol–water partition coefficient (Wildman–Crippen LogP) is 3.33. The van der Waals surface area contributed by atoms with Crippen molar-refractivity contribution >= 4 is 29.3 Å². The van der Waals surface area contributed by atoms with Crippen LogP contribution in [0.2, 0.25) is 0 Å². The Morgan fingerprint density at radius 3 is 2.69 bits per heavy atom. The lowest BCUT2D eigenvalue weighted by Gasteiger charge is -2.26. The number of benzene rings is 1. The van der Waals surface area contributed by atoms with Crippen LogP contribution in [-0.4, -0.2) is 23.0 Å². The van der Waals surface area contributed by atoms with Gasteiger partial charge < -0.3 is 4.90 Å². The fourth-order valence-electron chi connectivity index (χ4n) is 4.15. The van der Waals surface area contributed by atoms with Gasteiger partial charge in [0, 0.05) is 41.0 Å².